The number of hydrogen-bond acceptors (Lipinski definition) is 7. The Labute approximate surface area is 234 Å². The largest absolute Gasteiger partial charge is 0.506 e. The molecule has 0 bridgehead atoms. The van der Waals surface area contributed by atoms with E-state index in [-0.39, 0.29) is 56.4 Å². The molecule has 0 amide bonds. The number of benzene rings is 2. The molecule has 0 radical (unpaired) electrons. The molecule has 0 spiro atoms. The van der Waals surface area contributed by atoms with E-state index in [1.54, 1.807) is 24.3 Å². The Kier molecular flexibility index (Phi) is 10.1. The summed E-state index contributed by atoms with van der Waals surface area (Å²) in [6.45, 7) is 6.25. The van der Waals surface area contributed by atoms with Gasteiger partial charge in [0.1, 0.15) is 5.75 Å². The van der Waals surface area contributed by atoms with Gasteiger partial charge in [0.25, 0.3) is 0 Å². The predicted molar refractivity (Wildman–Crippen MR) is 153 cm³/mol. The zero-order chi connectivity index (χ0) is 27.8. The van der Waals surface area contributed by atoms with Crippen molar-refractivity contribution in [1.29, 1.82) is 0 Å². The fraction of sp³-hybridized carbons (Fsp3) is 0.267. The van der Waals surface area contributed by atoms with Crippen LogP contribution in [-0.4, -0.2) is 26.5 Å². The minimum atomic E-state index is -0.528. The molecule has 2 atom stereocenters. The van der Waals surface area contributed by atoms with E-state index in [1.807, 2.05) is 12.2 Å². The maximum absolute atomic E-state index is 12.8. The van der Waals surface area contributed by atoms with E-state index < -0.39 is 5.97 Å². The molecular weight excluding hydrogens is 591 g/mol. The van der Waals surface area contributed by atoms with Gasteiger partial charge in [-0.05, 0) is 36.8 Å². The first kappa shape index (κ1) is 28.9. The third-order valence-electron chi connectivity index (χ3n) is 6.66. The van der Waals surface area contributed by atoms with E-state index >= 15 is 0 Å². The van der Waals surface area contributed by atoms with Gasteiger partial charge in [0.05, 0.1) is 11.4 Å². The molecule has 1 aliphatic carbocycles. The second-order valence-electron chi connectivity index (χ2n) is 9.05. The fourth-order valence-electron chi connectivity index (χ4n) is 4.29. The Morgan fingerprint density at radius 2 is 1.87 bits per heavy atom. The van der Waals surface area contributed by atoms with Gasteiger partial charge < -0.3 is 16.6 Å². The molecule has 2 unspecified atom stereocenters. The molecule has 0 aromatic heterocycles. The van der Waals surface area contributed by atoms with Crippen LogP contribution in [0, 0.1) is 0 Å². The van der Waals surface area contributed by atoms with Crippen molar-refractivity contribution in [2.24, 2.45) is 0 Å². The number of nitrogens with two attached hydrogens (primary N) is 4. The van der Waals surface area contributed by atoms with E-state index in [0.717, 1.165) is 16.7 Å². The van der Waals surface area contributed by atoms with Gasteiger partial charge >= 0.3 is 146 Å². The first-order valence-electron chi connectivity index (χ1n) is 12.4. The number of anilines is 4. The summed E-state index contributed by atoms with van der Waals surface area (Å²) in [6.07, 6.45) is 11.8. The van der Waals surface area contributed by atoms with Crippen molar-refractivity contribution in [2.75, 3.05) is 34.5 Å². The Bertz CT molecular complexity index is 1340. The molecule has 9 N–H and O–H groups in total. The summed E-state index contributed by atoms with van der Waals surface area (Å²) in [5, 5.41) is 9.79. The van der Waals surface area contributed by atoms with Gasteiger partial charge in [0.15, 0.2) is 0 Å². The van der Waals surface area contributed by atoms with Crippen LogP contribution in [0.15, 0.2) is 72.5 Å². The van der Waals surface area contributed by atoms with E-state index in [9.17, 15) is 9.90 Å². The van der Waals surface area contributed by atoms with Crippen LogP contribution in [0.5, 0.6) is 5.75 Å². The molecule has 2 aromatic rings. The molecule has 3 rings (SSSR count). The molecule has 8 heteroatoms. The van der Waals surface area contributed by atoms with Crippen molar-refractivity contribution < 1.29 is 35.8 Å². The maximum Gasteiger partial charge on any atom is 0.140 e. The Hall–Kier alpha value is -3.62. The van der Waals surface area contributed by atoms with Crippen molar-refractivity contribution >= 4 is 34.3 Å². The van der Waals surface area contributed by atoms with E-state index in [2.05, 4.69) is 36.3 Å². The number of phenols is 1. The molecule has 7 nitrogen and oxygen atoms in total. The number of hydrogen-bond donors (Lipinski definition) is 5. The minimum Gasteiger partial charge on any atom is -0.506 e. The van der Waals surface area contributed by atoms with Crippen LogP contribution < -0.4 is 44.1 Å². The van der Waals surface area contributed by atoms with Crippen LogP contribution in [-0.2, 0) is 4.74 Å². The van der Waals surface area contributed by atoms with E-state index in [1.165, 1.54) is 11.6 Å². The molecule has 0 heterocycles. The average Bonchev–Trinajstić information content (AvgIpc) is 3.16. The first-order chi connectivity index (χ1) is 18.2. The Balaban J connectivity index is 1.65. The quantitative estimate of drug-likeness (QED) is 0.0375. The van der Waals surface area contributed by atoms with Gasteiger partial charge in [0, 0.05) is 0 Å². The van der Waals surface area contributed by atoms with Crippen molar-refractivity contribution in [3.8, 4) is 5.75 Å². The number of ether oxygens (including phenoxy) is 1. The number of allylic oxidation sites excluding steroid dienone is 6. The second kappa shape index (κ2) is 13.3. The minimum absolute atomic E-state index is 0.0280. The van der Waals surface area contributed by atoms with Gasteiger partial charge in [-0.25, -0.2) is 0 Å². The van der Waals surface area contributed by atoms with Crippen molar-refractivity contribution in [3.05, 3.63) is 89.2 Å². The van der Waals surface area contributed by atoms with E-state index in [0.29, 0.717) is 34.6 Å². The van der Waals surface area contributed by atoms with Crippen LogP contribution in [0.3, 0.4) is 0 Å². The van der Waals surface area contributed by atoms with E-state index in [4.69, 9.17) is 27.7 Å². The SMILES string of the molecule is C=CCC(CCCOC(=O)c1ccc(C2=C=CC=C(C(C)[I-]C)C=C2)c(N)c1N)c1ccc(O)c(N)c1N. The normalized spacial score (nSPS) is 14.4. The first-order valence-corrected chi connectivity index (χ1v) is 15.8. The zero-order valence-electron chi connectivity index (χ0n) is 21.8. The average molecular weight is 628 g/mol. The van der Waals surface area contributed by atoms with Crippen LogP contribution in [0.4, 0.5) is 22.7 Å². The smallest absolute Gasteiger partial charge is 0.140 e. The molecule has 0 fully saturated rings. The van der Waals surface area contributed by atoms with Crippen LogP contribution in [0.2, 0.25) is 0 Å². The molecular formula is C30H36IN4O3-. The van der Waals surface area contributed by atoms with Crippen LogP contribution >= 0.6 is 0 Å². The summed E-state index contributed by atoms with van der Waals surface area (Å²) >= 11 is 0.0876. The van der Waals surface area contributed by atoms with Crippen molar-refractivity contribution in [2.45, 2.75) is 36.0 Å². The number of aromatic hydroxyl groups is 1. The number of nitrogen functional groups attached to an aromatic ring is 4. The maximum atomic E-state index is 12.8. The summed E-state index contributed by atoms with van der Waals surface area (Å²) in [7, 11) is 0. The summed E-state index contributed by atoms with van der Waals surface area (Å²) in [5.74, 6) is -0.545. The third-order valence-corrected chi connectivity index (χ3v) is 9.25. The topological polar surface area (TPSA) is 151 Å². The number of phenolic OH excluding ortho intramolecular Hbond substituents is 1. The molecule has 0 aliphatic heterocycles. The summed E-state index contributed by atoms with van der Waals surface area (Å²) in [4.78, 5) is 15.1. The predicted octanol–water partition coefficient (Wildman–Crippen LogP) is 2.16. The molecule has 202 valence electrons. The number of halogens is 1. The van der Waals surface area contributed by atoms with Gasteiger partial charge in [-0.1, -0.05) is 12.1 Å². The summed E-state index contributed by atoms with van der Waals surface area (Å²) in [6, 6.07) is 6.73. The standard InChI is InChI=1S/C30H36IN4O3/c1-4-7-20(23-15-16-25(36)29(35)27(23)33)10-6-17-38-30(37)24-14-13-22(26(32)28(24)34)21-9-5-8-19(11-12-21)18(2)31-3/h4-5,8,11-16,18,20,36H,1,6-7,10,17,32-35H2,2-3H3/q-1. The van der Waals surface area contributed by atoms with Crippen LogP contribution in [0.25, 0.3) is 5.57 Å². The number of carbonyl (C=O) groups is 1. The number of carbonyl (C=O) groups excluding carboxylic acids is 1. The zero-order valence-corrected chi connectivity index (χ0v) is 24.0. The summed E-state index contributed by atoms with van der Waals surface area (Å²) < 4.78 is 6.06. The molecule has 38 heavy (non-hydrogen) atoms. The van der Waals surface area contributed by atoms with Crippen molar-refractivity contribution in [1.82, 2.24) is 0 Å². The summed E-state index contributed by atoms with van der Waals surface area (Å²) in [5.41, 5.74) is 32.8. The monoisotopic (exact) mass is 627 g/mol. The molecule has 0 saturated heterocycles. The second-order valence-corrected chi connectivity index (χ2v) is 12.2. The molecule has 1 aliphatic rings. The number of rotatable bonds is 11. The third kappa shape index (κ3) is 6.62. The van der Waals surface area contributed by atoms with Gasteiger partial charge in [0.2, 0.25) is 0 Å². The number of esters is 1. The Morgan fingerprint density at radius 3 is 2.58 bits per heavy atom. The molecule has 0 saturated carbocycles. The Morgan fingerprint density at radius 1 is 1.11 bits per heavy atom. The van der Waals surface area contributed by atoms with Gasteiger partial charge in [-0.3, -0.25) is 0 Å². The number of alkyl halides is 2. The van der Waals surface area contributed by atoms with Gasteiger partial charge in [-0.15, -0.1) is 6.58 Å². The molecule has 2 aromatic carbocycles. The van der Waals surface area contributed by atoms with Crippen molar-refractivity contribution in [3.63, 3.8) is 0 Å². The van der Waals surface area contributed by atoms with Crippen LogP contribution in [0.1, 0.15) is 53.6 Å². The van der Waals surface area contributed by atoms with Gasteiger partial charge in [-0.2, -0.15) is 0 Å². The fourth-order valence-corrected chi connectivity index (χ4v) is 5.42.